The molecule has 0 aliphatic carbocycles. The van der Waals surface area contributed by atoms with Crippen LogP contribution in [0.5, 0.6) is 0 Å². The Morgan fingerprint density at radius 1 is 1.25 bits per heavy atom. The average molecular weight is 328 g/mol. The van der Waals surface area contributed by atoms with Crippen molar-refractivity contribution < 1.29 is 9.53 Å². The van der Waals surface area contributed by atoms with Crippen LogP contribution in [0.1, 0.15) is 39.7 Å². The SMILES string of the molecule is CC(C)(C)OC(=O)N1CCC(n2cc(-c3ccccn3)cn2)CC1. The fourth-order valence-electron chi connectivity index (χ4n) is 2.84. The second-order valence-electron chi connectivity index (χ2n) is 7.12. The van der Waals surface area contributed by atoms with E-state index < -0.39 is 5.60 Å². The van der Waals surface area contributed by atoms with Crippen LogP contribution in [-0.2, 0) is 4.74 Å². The van der Waals surface area contributed by atoms with E-state index in [4.69, 9.17) is 4.74 Å². The van der Waals surface area contributed by atoms with Gasteiger partial charge in [0, 0.05) is 31.0 Å². The van der Waals surface area contributed by atoms with E-state index >= 15 is 0 Å². The molecule has 128 valence electrons. The van der Waals surface area contributed by atoms with E-state index in [9.17, 15) is 4.79 Å². The second kappa shape index (κ2) is 6.63. The molecule has 3 rings (SSSR count). The van der Waals surface area contributed by atoms with Crippen LogP contribution in [0.2, 0.25) is 0 Å². The predicted molar refractivity (Wildman–Crippen MR) is 91.5 cm³/mol. The molecule has 1 aliphatic heterocycles. The number of amides is 1. The highest BCUT2D eigenvalue weighted by Gasteiger charge is 2.27. The zero-order valence-corrected chi connectivity index (χ0v) is 14.5. The lowest BCUT2D eigenvalue weighted by molar-refractivity contribution is 0.0185. The van der Waals surface area contributed by atoms with Gasteiger partial charge in [-0.2, -0.15) is 5.10 Å². The van der Waals surface area contributed by atoms with Crippen molar-refractivity contribution in [2.75, 3.05) is 13.1 Å². The maximum absolute atomic E-state index is 12.1. The maximum Gasteiger partial charge on any atom is 0.410 e. The topological polar surface area (TPSA) is 60.2 Å². The zero-order valence-electron chi connectivity index (χ0n) is 14.5. The summed E-state index contributed by atoms with van der Waals surface area (Å²) in [5.41, 5.74) is 1.49. The Labute approximate surface area is 142 Å². The summed E-state index contributed by atoms with van der Waals surface area (Å²) in [6, 6.07) is 6.16. The van der Waals surface area contributed by atoms with Crippen molar-refractivity contribution >= 4 is 6.09 Å². The van der Waals surface area contributed by atoms with Gasteiger partial charge in [-0.25, -0.2) is 4.79 Å². The molecule has 6 nitrogen and oxygen atoms in total. The van der Waals surface area contributed by atoms with Gasteiger partial charge in [0.05, 0.1) is 17.9 Å². The molecule has 2 aromatic rings. The molecule has 1 saturated heterocycles. The van der Waals surface area contributed by atoms with Crippen LogP contribution in [0.15, 0.2) is 36.8 Å². The summed E-state index contributed by atoms with van der Waals surface area (Å²) >= 11 is 0. The van der Waals surface area contributed by atoms with Crippen molar-refractivity contribution in [1.82, 2.24) is 19.7 Å². The molecule has 0 aromatic carbocycles. The van der Waals surface area contributed by atoms with E-state index in [1.807, 2.05) is 56.0 Å². The molecule has 24 heavy (non-hydrogen) atoms. The van der Waals surface area contributed by atoms with Crippen molar-refractivity contribution in [3.05, 3.63) is 36.8 Å². The highest BCUT2D eigenvalue weighted by atomic mass is 16.6. The molecule has 1 fully saturated rings. The standard InChI is InChI=1S/C18H24N4O2/c1-18(2,3)24-17(23)21-10-7-15(8-11-21)22-13-14(12-20-22)16-6-4-5-9-19-16/h4-6,9,12-13,15H,7-8,10-11H2,1-3H3. The molecule has 0 bridgehead atoms. The number of carbonyl (C=O) groups is 1. The summed E-state index contributed by atoms with van der Waals surface area (Å²) < 4.78 is 7.43. The first-order valence-corrected chi connectivity index (χ1v) is 8.36. The van der Waals surface area contributed by atoms with Crippen LogP contribution in [0.4, 0.5) is 4.79 Å². The summed E-state index contributed by atoms with van der Waals surface area (Å²) in [6.45, 7) is 7.05. The van der Waals surface area contributed by atoms with E-state index in [-0.39, 0.29) is 6.09 Å². The lowest BCUT2D eigenvalue weighted by atomic mass is 10.1. The summed E-state index contributed by atoms with van der Waals surface area (Å²) in [5.74, 6) is 0. The molecule has 0 saturated carbocycles. The molecule has 1 amide bonds. The molecular weight excluding hydrogens is 304 g/mol. The maximum atomic E-state index is 12.1. The number of pyridine rings is 1. The Balaban J connectivity index is 1.59. The number of piperidine rings is 1. The molecule has 0 radical (unpaired) electrons. The lowest BCUT2D eigenvalue weighted by Crippen LogP contribution is -2.42. The number of carbonyl (C=O) groups excluding carboxylic acids is 1. The van der Waals surface area contributed by atoms with Gasteiger partial charge in [0.15, 0.2) is 0 Å². The van der Waals surface area contributed by atoms with Crippen LogP contribution in [0, 0.1) is 0 Å². The van der Waals surface area contributed by atoms with E-state index in [1.165, 1.54) is 0 Å². The third-order valence-electron chi connectivity index (χ3n) is 4.05. The lowest BCUT2D eigenvalue weighted by Gasteiger charge is -2.33. The van der Waals surface area contributed by atoms with Crippen molar-refractivity contribution in [2.24, 2.45) is 0 Å². The van der Waals surface area contributed by atoms with E-state index in [0.717, 1.165) is 24.1 Å². The van der Waals surface area contributed by atoms with E-state index in [2.05, 4.69) is 10.1 Å². The molecule has 0 unspecified atom stereocenters. The van der Waals surface area contributed by atoms with Gasteiger partial charge in [0.25, 0.3) is 0 Å². The van der Waals surface area contributed by atoms with Crippen LogP contribution >= 0.6 is 0 Å². The molecule has 2 aromatic heterocycles. The Morgan fingerprint density at radius 3 is 2.62 bits per heavy atom. The van der Waals surface area contributed by atoms with Crippen LogP contribution in [-0.4, -0.2) is 44.4 Å². The normalized spacial score (nSPS) is 16.2. The summed E-state index contributed by atoms with van der Waals surface area (Å²) in [5, 5.41) is 4.49. The molecule has 3 heterocycles. The molecule has 1 aliphatic rings. The number of ether oxygens (including phenoxy) is 1. The molecule has 0 N–H and O–H groups in total. The van der Waals surface area contributed by atoms with Crippen molar-refractivity contribution in [2.45, 2.75) is 45.3 Å². The number of likely N-dealkylation sites (tertiary alicyclic amines) is 1. The van der Waals surface area contributed by atoms with Gasteiger partial charge < -0.3 is 9.64 Å². The monoisotopic (exact) mass is 328 g/mol. The van der Waals surface area contributed by atoms with Gasteiger partial charge in [-0.1, -0.05) is 6.07 Å². The molecule has 0 spiro atoms. The first kappa shape index (κ1) is 16.5. The molecule has 0 atom stereocenters. The fourth-order valence-corrected chi connectivity index (χ4v) is 2.84. The number of nitrogens with zero attached hydrogens (tertiary/aromatic N) is 4. The van der Waals surface area contributed by atoms with Gasteiger partial charge in [0.1, 0.15) is 5.60 Å². The summed E-state index contributed by atoms with van der Waals surface area (Å²) in [7, 11) is 0. The summed E-state index contributed by atoms with van der Waals surface area (Å²) in [4.78, 5) is 18.3. The zero-order chi connectivity index (χ0) is 17.2. The van der Waals surface area contributed by atoms with Gasteiger partial charge in [-0.05, 0) is 45.7 Å². The van der Waals surface area contributed by atoms with Crippen molar-refractivity contribution in [1.29, 1.82) is 0 Å². The van der Waals surface area contributed by atoms with Crippen LogP contribution in [0.3, 0.4) is 0 Å². The Kier molecular flexibility index (Phi) is 4.55. The molecular formula is C18H24N4O2. The Bertz CT molecular complexity index is 683. The fraction of sp³-hybridized carbons (Fsp3) is 0.500. The smallest absolute Gasteiger partial charge is 0.410 e. The van der Waals surface area contributed by atoms with Crippen molar-refractivity contribution in [3.8, 4) is 11.3 Å². The third-order valence-corrected chi connectivity index (χ3v) is 4.05. The number of hydrogen-bond donors (Lipinski definition) is 0. The largest absolute Gasteiger partial charge is 0.444 e. The van der Waals surface area contributed by atoms with Gasteiger partial charge in [0.2, 0.25) is 0 Å². The van der Waals surface area contributed by atoms with Gasteiger partial charge in [-0.3, -0.25) is 9.67 Å². The predicted octanol–water partition coefficient (Wildman–Crippen LogP) is 3.52. The van der Waals surface area contributed by atoms with Crippen molar-refractivity contribution in [3.63, 3.8) is 0 Å². The number of hydrogen-bond acceptors (Lipinski definition) is 4. The van der Waals surface area contributed by atoms with E-state index in [1.54, 1.807) is 11.1 Å². The average Bonchev–Trinajstić information content (AvgIpc) is 3.04. The number of aromatic nitrogens is 3. The third kappa shape index (κ3) is 3.93. The minimum atomic E-state index is -0.451. The highest BCUT2D eigenvalue weighted by Crippen LogP contribution is 2.25. The highest BCUT2D eigenvalue weighted by molar-refractivity contribution is 5.68. The van der Waals surface area contributed by atoms with E-state index in [0.29, 0.717) is 19.1 Å². The second-order valence-corrected chi connectivity index (χ2v) is 7.12. The van der Waals surface area contributed by atoms with Crippen LogP contribution in [0.25, 0.3) is 11.3 Å². The summed E-state index contributed by atoms with van der Waals surface area (Å²) in [6.07, 6.45) is 7.20. The first-order valence-electron chi connectivity index (χ1n) is 8.36. The Hall–Kier alpha value is -2.37. The minimum absolute atomic E-state index is 0.226. The van der Waals surface area contributed by atoms with Crippen LogP contribution < -0.4 is 0 Å². The molecule has 6 heteroatoms. The van der Waals surface area contributed by atoms with Gasteiger partial charge >= 0.3 is 6.09 Å². The Morgan fingerprint density at radius 2 is 2.00 bits per heavy atom. The first-order chi connectivity index (χ1) is 11.4. The quantitative estimate of drug-likeness (QED) is 0.846. The number of rotatable bonds is 2. The minimum Gasteiger partial charge on any atom is -0.444 e. The van der Waals surface area contributed by atoms with Gasteiger partial charge in [-0.15, -0.1) is 0 Å².